The van der Waals surface area contributed by atoms with Gasteiger partial charge < -0.3 is 25.1 Å². The number of benzene rings is 7. The maximum absolute atomic E-state index is 13.5. The molecule has 0 aliphatic carbocycles. The van der Waals surface area contributed by atoms with Crippen molar-refractivity contribution in [1.82, 2.24) is 0 Å². The highest BCUT2D eigenvalue weighted by atomic mass is 32.2. The molecule has 0 atom stereocenters. The predicted molar refractivity (Wildman–Crippen MR) is 277 cm³/mol. The molecule has 0 bridgehead atoms. The van der Waals surface area contributed by atoms with Crippen LogP contribution in [-0.2, 0) is 71.5 Å². The Morgan fingerprint density at radius 3 is 0.348 bits per heavy atom. The minimum atomic E-state index is -6.48. The summed E-state index contributed by atoms with van der Waals surface area (Å²) in [6.07, 6.45) is 0. The van der Waals surface area contributed by atoms with E-state index in [0.717, 1.165) is 97.1 Å². The highest BCUT2D eigenvalue weighted by molar-refractivity contribution is 7.89. The highest BCUT2D eigenvalue weighted by Crippen LogP contribution is 2.51. The molecule has 7 aromatic rings. The van der Waals surface area contributed by atoms with Gasteiger partial charge in [-0.05, 0) is 117 Å². The van der Waals surface area contributed by atoms with E-state index in [-0.39, 0.29) is 44.5 Å². The van der Waals surface area contributed by atoms with Gasteiger partial charge in [0.2, 0.25) is 0 Å². The van der Waals surface area contributed by atoms with Gasteiger partial charge in [-0.25, -0.2) is 0 Å². The third kappa shape index (κ3) is 14.2. The van der Waals surface area contributed by atoms with E-state index in [1.165, 1.54) is 0 Å². The van der Waals surface area contributed by atoms with E-state index in [2.05, 4.69) is 25.1 Å². The lowest BCUT2D eigenvalue weighted by Crippen LogP contribution is -2.33. The van der Waals surface area contributed by atoms with E-state index in [1.807, 2.05) is 0 Å². The predicted octanol–water partition coefficient (Wildman–Crippen LogP) is 11.8. The average molecular weight is 1450 g/mol. The third-order valence-corrected chi connectivity index (χ3v) is 18.3. The monoisotopic (exact) mass is 1450 g/mol. The minimum absolute atomic E-state index is 0.344. The Kier molecular flexibility index (Phi) is 18.6. The number of rotatable bonds is 20. The molecule has 0 fully saturated rings. The Morgan fingerprint density at radius 2 is 0.261 bits per heavy atom. The zero-order valence-electron chi connectivity index (χ0n) is 43.8. The molecule has 0 radical (unpaired) electrons. The number of hydrogen-bond acceptors (Lipinski definition) is 18. The Labute approximate surface area is 505 Å². The second kappa shape index (κ2) is 24.0. The molecule has 92 heavy (non-hydrogen) atoms. The summed E-state index contributed by atoms with van der Waals surface area (Å²) < 4.78 is 414. The maximum Gasteiger partial charge on any atom is 0.534 e. The summed E-state index contributed by atoms with van der Waals surface area (Å²) in [6, 6.07) is 20.3. The molecule has 7 aromatic carbocycles. The van der Waals surface area contributed by atoms with Crippen LogP contribution in [0.1, 0.15) is 44.5 Å². The average Bonchev–Trinajstić information content (AvgIpc) is 0.724. The van der Waals surface area contributed by atoms with Gasteiger partial charge >= 0.3 is 93.8 Å². The summed E-state index contributed by atoms with van der Waals surface area (Å²) in [5, 5.41) is 0. The molecule has 42 heteroatoms. The summed E-state index contributed by atoms with van der Waals surface area (Å²) in [5.74, 6) is -6.70. The third-order valence-electron chi connectivity index (χ3n) is 12.4. The normalized spacial score (nSPS) is 13.8. The van der Waals surface area contributed by atoms with Crippen LogP contribution in [0.15, 0.2) is 170 Å². The van der Waals surface area contributed by atoms with E-state index in [0.29, 0.717) is 72.8 Å². The van der Waals surface area contributed by atoms with Crippen LogP contribution in [0.25, 0.3) is 0 Å². The van der Waals surface area contributed by atoms with Gasteiger partial charge in [0.05, 0.1) is 10.8 Å². The van der Waals surface area contributed by atoms with E-state index < -0.39 is 139 Å². The van der Waals surface area contributed by atoms with Crippen LogP contribution in [0.4, 0.5) is 79.0 Å². The molecule has 498 valence electrons. The van der Waals surface area contributed by atoms with E-state index in [4.69, 9.17) is 0 Å². The fourth-order valence-corrected chi connectivity index (χ4v) is 11.3. The first-order valence-electron chi connectivity index (χ1n) is 23.6. The zero-order valence-corrected chi connectivity index (χ0v) is 48.7. The molecule has 0 aliphatic rings. The summed E-state index contributed by atoms with van der Waals surface area (Å²) in [6.45, 7) is 0. The molecule has 0 saturated carbocycles. The van der Waals surface area contributed by atoms with Gasteiger partial charge in [-0.15, -0.1) is 0 Å². The van der Waals surface area contributed by atoms with Crippen LogP contribution >= 0.6 is 0 Å². The lowest BCUT2D eigenvalue weighted by molar-refractivity contribution is -0.0504. The smallest absolute Gasteiger partial charge is 0.376 e. The Bertz CT molecular complexity index is 3840. The highest BCUT2D eigenvalue weighted by Gasteiger charge is 2.53. The minimum Gasteiger partial charge on any atom is -0.376 e. The molecular weight excluding hydrogens is 1420 g/mol. The lowest BCUT2D eigenvalue weighted by Gasteiger charge is -2.39. The van der Waals surface area contributed by atoms with Crippen molar-refractivity contribution < 1.29 is 155 Å². The molecule has 0 unspecified atom stereocenters. The standard InChI is InChI=1S/C50H28F18O18S6/c51-45(52,53)87(69,70)81-37-17-5-31(6-18-37)43(32-7-19-38(20-8-32)82-88(71,72)46(54,55)56,33-9-21-39(22-10-33)83-89(73,74)47(57,58)59)29-1-2-30(4-3-29)44(34-11-23-40(24-12-34)84-90(75,76)48(60,61)62,35-13-25-41(26-14-35)85-91(77,78)49(63,64)65)36-15-27-42(28-16-36)86-92(79,80)50(66,67)68/h1-28H. The van der Waals surface area contributed by atoms with Crippen molar-refractivity contribution in [2.24, 2.45) is 0 Å². The van der Waals surface area contributed by atoms with Crippen molar-refractivity contribution in [3.63, 3.8) is 0 Å². The second-order valence-electron chi connectivity index (χ2n) is 18.1. The SMILES string of the molecule is O=S(=O)(Oc1ccc(C(c2ccc(OS(=O)(=O)C(F)(F)F)cc2)(c2ccc(OS(=O)(=O)C(F)(F)F)cc2)c2ccc(C(c3ccc(OS(=O)(=O)C(F)(F)F)cc3)(c3ccc(OS(=O)(=O)C(F)(F)F)cc3)c3ccc(OS(=O)(=O)C(F)(F)F)cc3)cc2)cc1)C(F)(F)F. The molecule has 0 aromatic heterocycles. The summed E-state index contributed by atoms with van der Waals surface area (Å²) >= 11 is 0. The van der Waals surface area contributed by atoms with E-state index in [1.54, 1.807) is 0 Å². The summed E-state index contributed by atoms with van der Waals surface area (Å²) in [7, 11) is -38.9. The van der Waals surface area contributed by atoms with E-state index >= 15 is 0 Å². The fraction of sp³-hybridized carbons (Fsp3) is 0.160. The van der Waals surface area contributed by atoms with Crippen molar-refractivity contribution >= 4 is 60.7 Å². The molecule has 0 saturated heterocycles. The topological polar surface area (TPSA) is 260 Å². The molecule has 0 heterocycles. The molecule has 0 amide bonds. The van der Waals surface area contributed by atoms with E-state index in [9.17, 15) is 130 Å². The van der Waals surface area contributed by atoms with Crippen molar-refractivity contribution in [1.29, 1.82) is 0 Å². The Morgan fingerprint density at radius 1 is 0.174 bits per heavy atom. The quantitative estimate of drug-likeness (QED) is 0.0297. The van der Waals surface area contributed by atoms with Crippen molar-refractivity contribution in [2.75, 3.05) is 0 Å². The van der Waals surface area contributed by atoms with Gasteiger partial charge in [0.15, 0.2) is 0 Å². The van der Waals surface area contributed by atoms with Crippen LogP contribution in [0.3, 0.4) is 0 Å². The number of hydrogen-bond donors (Lipinski definition) is 0. The largest absolute Gasteiger partial charge is 0.534 e. The zero-order chi connectivity index (χ0) is 69.1. The van der Waals surface area contributed by atoms with Crippen LogP contribution < -0.4 is 25.1 Å². The Hall–Kier alpha value is -8.22. The number of halogens is 18. The first-order valence-corrected chi connectivity index (χ1v) is 32.1. The number of alkyl halides is 18. The van der Waals surface area contributed by atoms with Crippen LogP contribution in [-0.4, -0.2) is 83.6 Å². The summed E-state index contributed by atoms with van der Waals surface area (Å²) in [5.41, 5.74) is -44.4. The van der Waals surface area contributed by atoms with Gasteiger partial charge in [0.1, 0.15) is 34.5 Å². The lowest BCUT2D eigenvalue weighted by atomic mass is 9.62. The fourth-order valence-electron chi connectivity index (χ4n) is 8.58. The van der Waals surface area contributed by atoms with Crippen LogP contribution in [0.5, 0.6) is 34.5 Å². The van der Waals surface area contributed by atoms with Crippen LogP contribution in [0.2, 0.25) is 0 Å². The summed E-state index contributed by atoms with van der Waals surface area (Å²) in [4.78, 5) is 0. The molecular formula is C50H28F18O18S6. The van der Waals surface area contributed by atoms with Gasteiger partial charge in [-0.1, -0.05) is 97.1 Å². The first-order chi connectivity index (χ1) is 41.8. The first kappa shape index (κ1) is 71.2. The van der Waals surface area contributed by atoms with Crippen molar-refractivity contribution in [3.8, 4) is 34.5 Å². The second-order valence-corrected chi connectivity index (χ2v) is 27.3. The van der Waals surface area contributed by atoms with Gasteiger partial charge in [-0.3, -0.25) is 0 Å². The van der Waals surface area contributed by atoms with Gasteiger partial charge in [-0.2, -0.15) is 130 Å². The molecule has 0 aliphatic heterocycles. The Balaban J connectivity index is 1.61. The van der Waals surface area contributed by atoms with Crippen LogP contribution in [0, 0.1) is 0 Å². The van der Waals surface area contributed by atoms with Gasteiger partial charge in [0.25, 0.3) is 0 Å². The molecule has 7 rings (SSSR count). The molecule has 0 spiro atoms. The maximum atomic E-state index is 13.5. The molecule has 18 nitrogen and oxygen atoms in total. The molecule has 0 N–H and O–H groups in total. The van der Waals surface area contributed by atoms with Crippen molar-refractivity contribution in [3.05, 3.63) is 214 Å². The van der Waals surface area contributed by atoms with Gasteiger partial charge in [0, 0.05) is 0 Å². The van der Waals surface area contributed by atoms with Crippen molar-refractivity contribution in [2.45, 2.75) is 43.9 Å².